The van der Waals surface area contributed by atoms with Crippen LogP contribution < -0.4 is 11.3 Å². The Hall–Kier alpha value is -1.42. The number of hydrogen-bond acceptors (Lipinski definition) is 3. The lowest BCUT2D eigenvalue weighted by Gasteiger charge is -2.19. The van der Waals surface area contributed by atoms with Crippen molar-refractivity contribution < 1.29 is 4.74 Å². The zero-order valence-electron chi connectivity index (χ0n) is 11.7. The lowest BCUT2D eigenvalue weighted by molar-refractivity contribution is 0.0996. The summed E-state index contributed by atoms with van der Waals surface area (Å²) in [6.45, 7) is 0.918. The van der Waals surface area contributed by atoms with Crippen LogP contribution in [-0.2, 0) is 4.74 Å². The van der Waals surface area contributed by atoms with Crippen molar-refractivity contribution in [2.75, 3.05) is 6.61 Å². The molecule has 3 rings (SSSR count). The third-order valence-corrected chi connectivity index (χ3v) is 4.18. The monoisotopic (exact) mass is 270 g/mol. The molecule has 2 aromatic carbocycles. The van der Waals surface area contributed by atoms with Crippen LogP contribution in [0.1, 0.15) is 37.3 Å². The molecule has 106 valence electrons. The first-order chi connectivity index (χ1) is 9.86. The summed E-state index contributed by atoms with van der Waals surface area (Å²) < 4.78 is 5.69. The highest BCUT2D eigenvalue weighted by Gasteiger charge is 2.18. The topological polar surface area (TPSA) is 47.3 Å². The standard InChI is InChI=1S/C17H22N2O/c18-19-17(10-9-16-6-3-11-20-16)15-8-7-13-4-1-2-5-14(13)12-15/h1-2,4-5,7-8,12,16-17,19H,3,6,9-11,18H2. The Balaban J connectivity index is 1.72. The number of nitrogens with one attached hydrogen (secondary N) is 1. The van der Waals surface area contributed by atoms with E-state index < -0.39 is 0 Å². The average Bonchev–Trinajstić information content (AvgIpc) is 3.01. The van der Waals surface area contributed by atoms with E-state index in [1.54, 1.807) is 0 Å². The summed E-state index contributed by atoms with van der Waals surface area (Å²) in [5.74, 6) is 5.74. The molecular weight excluding hydrogens is 248 g/mol. The molecule has 1 aliphatic rings. The molecule has 2 unspecified atom stereocenters. The van der Waals surface area contributed by atoms with Crippen molar-refractivity contribution in [3.8, 4) is 0 Å². The number of hydrazine groups is 1. The second-order valence-electron chi connectivity index (χ2n) is 5.54. The molecule has 1 saturated heterocycles. The first-order valence-corrected chi connectivity index (χ1v) is 7.43. The van der Waals surface area contributed by atoms with Crippen LogP contribution in [0.3, 0.4) is 0 Å². The molecule has 0 radical (unpaired) electrons. The van der Waals surface area contributed by atoms with Crippen molar-refractivity contribution in [3.63, 3.8) is 0 Å². The predicted molar refractivity (Wildman–Crippen MR) is 82.2 cm³/mol. The molecule has 2 atom stereocenters. The van der Waals surface area contributed by atoms with Gasteiger partial charge in [-0.3, -0.25) is 11.3 Å². The molecule has 0 aromatic heterocycles. The van der Waals surface area contributed by atoms with Gasteiger partial charge in [-0.2, -0.15) is 0 Å². The Morgan fingerprint density at radius 3 is 2.80 bits per heavy atom. The molecule has 1 fully saturated rings. The number of fused-ring (bicyclic) bond motifs is 1. The van der Waals surface area contributed by atoms with Gasteiger partial charge >= 0.3 is 0 Å². The van der Waals surface area contributed by atoms with Gasteiger partial charge in [0.15, 0.2) is 0 Å². The van der Waals surface area contributed by atoms with E-state index in [9.17, 15) is 0 Å². The summed E-state index contributed by atoms with van der Waals surface area (Å²) in [7, 11) is 0. The Morgan fingerprint density at radius 1 is 1.20 bits per heavy atom. The normalized spacial score (nSPS) is 20.4. The number of hydrogen-bond donors (Lipinski definition) is 2. The molecule has 20 heavy (non-hydrogen) atoms. The fraction of sp³-hybridized carbons (Fsp3) is 0.412. The van der Waals surface area contributed by atoms with Crippen LogP contribution in [0, 0.1) is 0 Å². The van der Waals surface area contributed by atoms with Crippen molar-refractivity contribution in [2.24, 2.45) is 5.84 Å². The van der Waals surface area contributed by atoms with E-state index in [0.29, 0.717) is 6.10 Å². The van der Waals surface area contributed by atoms with E-state index in [4.69, 9.17) is 10.6 Å². The maximum atomic E-state index is 5.74. The Bertz CT molecular complexity index is 564. The highest BCUT2D eigenvalue weighted by Crippen LogP contribution is 2.26. The number of nitrogens with two attached hydrogens (primary N) is 1. The van der Waals surface area contributed by atoms with Crippen LogP contribution in [0.2, 0.25) is 0 Å². The number of ether oxygens (including phenoxy) is 1. The van der Waals surface area contributed by atoms with Crippen LogP contribution in [0.4, 0.5) is 0 Å². The summed E-state index contributed by atoms with van der Waals surface area (Å²) in [5.41, 5.74) is 4.21. The zero-order chi connectivity index (χ0) is 13.8. The molecule has 3 heteroatoms. The van der Waals surface area contributed by atoms with Crippen molar-refractivity contribution in [1.29, 1.82) is 0 Å². The Labute approximate surface area is 120 Å². The maximum absolute atomic E-state index is 5.74. The minimum atomic E-state index is 0.198. The van der Waals surface area contributed by atoms with E-state index in [-0.39, 0.29) is 6.04 Å². The summed E-state index contributed by atoms with van der Waals surface area (Å²) in [4.78, 5) is 0. The predicted octanol–water partition coefficient (Wildman–Crippen LogP) is 3.30. The third kappa shape index (κ3) is 3.01. The van der Waals surface area contributed by atoms with E-state index >= 15 is 0 Å². The lowest BCUT2D eigenvalue weighted by atomic mass is 9.97. The molecule has 0 spiro atoms. The highest BCUT2D eigenvalue weighted by molar-refractivity contribution is 5.83. The molecule has 2 aromatic rings. The summed E-state index contributed by atoms with van der Waals surface area (Å²) in [6, 6.07) is 15.2. The average molecular weight is 270 g/mol. The number of benzene rings is 2. The van der Waals surface area contributed by atoms with E-state index in [1.165, 1.54) is 29.2 Å². The fourth-order valence-corrected chi connectivity index (χ4v) is 3.00. The summed E-state index contributed by atoms with van der Waals surface area (Å²) in [5, 5.41) is 2.54. The molecular formula is C17H22N2O. The van der Waals surface area contributed by atoms with Crippen LogP contribution in [0.5, 0.6) is 0 Å². The van der Waals surface area contributed by atoms with Gasteiger partial charge in [-0.05, 0) is 48.1 Å². The van der Waals surface area contributed by atoms with Gasteiger partial charge in [0.2, 0.25) is 0 Å². The van der Waals surface area contributed by atoms with Crippen molar-refractivity contribution >= 4 is 10.8 Å². The van der Waals surface area contributed by atoms with Crippen molar-refractivity contribution in [3.05, 3.63) is 48.0 Å². The minimum absolute atomic E-state index is 0.198. The van der Waals surface area contributed by atoms with Gasteiger partial charge in [0.25, 0.3) is 0 Å². The largest absolute Gasteiger partial charge is 0.378 e. The van der Waals surface area contributed by atoms with Gasteiger partial charge in [-0.25, -0.2) is 0 Å². The molecule has 3 nitrogen and oxygen atoms in total. The first-order valence-electron chi connectivity index (χ1n) is 7.43. The molecule has 1 aliphatic heterocycles. The van der Waals surface area contributed by atoms with Crippen molar-refractivity contribution in [2.45, 2.75) is 37.8 Å². The molecule has 3 N–H and O–H groups in total. The summed E-state index contributed by atoms with van der Waals surface area (Å²) in [6.07, 6.45) is 4.89. The van der Waals surface area contributed by atoms with Crippen LogP contribution in [-0.4, -0.2) is 12.7 Å². The van der Waals surface area contributed by atoms with Crippen LogP contribution >= 0.6 is 0 Å². The molecule has 0 bridgehead atoms. The smallest absolute Gasteiger partial charge is 0.0576 e. The third-order valence-electron chi connectivity index (χ3n) is 4.18. The quantitative estimate of drug-likeness (QED) is 0.647. The molecule has 0 saturated carbocycles. The van der Waals surface area contributed by atoms with Gasteiger partial charge in [0.1, 0.15) is 0 Å². The second-order valence-corrected chi connectivity index (χ2v) is 5.54. The summed E-state index contributed by atoms with van der Waals surface area (Å²) >= 11 is 0. The maximum Gasteiger partial charge on any atom is 0.0576 e. The minimum Gasteiger partial charge on any atom is -0.378 e. The van der Waals surface area contributed by atoms with Gasteiger partial charge < -0.3 is 4.74 Å². The second kappa shape index (κ2) is 6.35. The lowest BCUT2D eigenvalue weighted by Crippen LogP contribution is -2.28. The van der Waals surface area contributed by atoms with Crippen LogP contribution in [0.25, 0.3) is 10.8 Å². The first kappa shape index (κ1) is 13.6. The van der Waals surface area contributed by atoms with Gasteiger partial charge in [-0.15, -0.1) is 0 Å². The number of rotatable bonds is 5. The molecule has 0 aliphatic carbocycles. The Kier molecular flexibility index (Phi) is 4.31. The molecule has 1 heterocycles. The van der Waals surface area contributed by atoms with Gasteiger partial charge in [0.05, 0.1) is 6.10 Å². The van der Waals surface area contributed by atoms with Gasteiger partial charge in [0, 0.05) is 12.6 Å². The van der Waals surface area contributed by atoms with E-state index in [0.717, 1.165) is 19.4 Å². The zero-order valence-corrected chi connectivity index (χ0v) is 11.7. The van der Waals surface area contributed by atoms with Crippen LogP contribution in [0.15, 0.2) is 42.5 Å². The van der Waals surface area contributed by atoms with Crippen molar-refractivity contribution in [1.82, 2.24) is 5.43 Å². The highest BCUT2D eigenvalue weighted by atomic mass is 16.5. The van der Waals surface area contributed by atoms with E-state index in [2.05, 4.69) is 47.9 Å². The van der Waals surface area contributed by atoms with Gasteiger partial charge in [-0.1, -0.05) is 36.4 Å². The van der Waals surface area contributed by atoms with E-state index in [1.807, 2.05) is 0 Å². The SMILES string of the molecule is NNC(CCC1CCCO1)c1ccc2ccccc2c1. The Morgan fingerprint density at radius 2 is 2.05 bits per heavy atom. The molecule has 0 amide bonds. The fourth-order valence-electron chi connectivity index (χ4n) is 3.00.